The van der Waals surface area contributed by atoms with Crippen LogP contribution in [0.2, 0.25) is 0 Å². The Bertz CT molecular complexity index is 498. The highest BCUT2D eigenvalue weighted by Crippen LogP contribution is 2.27. The zero-order chi connectivity index (χ0) is 14.4. The van der Waals surface area contributed by atoms with Crippen LogP contribution in [-0.4, -0.2) is 31.7 Å². The zero-order valence-electron chi connectivity index (χ0n) is 11.7. The van der Waals surface area contributed by atoms with Crippen LogP contribution in [0.25, 0.3) is 0 Å². The molecule has 0 aliphatic heterocycles. The summed E-state index contributed by atoms with van der Waals surface area (Å²) in [5.74, 6) is 0.456. The molecule has 0 spiro atoms. The lowest BCUT2D eigenvalue weighted by Crippen LogP contribution is -2.45. The first-order valence-corrected chi connectivity index (χ1v) is 8.86. The predicted octanol–water partition coefficient (Wildman–Crippen LogP) is 1.06. The maximum atomic E-state index is 12.1. The zero-order valence-corrected chi connectivity index (χ0v) is 12.5. The Kier molecular flexibility index (Phi) is 5.51. The Morgan fingerprint density at radius 1 is 1.35 bits per heavy atom. The molecule has 1 aromatic heterocycles. The van der Waals surface area contributed by atoms with Crippen LogP contribution in [0.5, 0.6) is 0 Å². The van der Waals surface area contributed by atoms with Crippen molar-refractivity contribution >= 4 is 10.0 Å². The minimum Gasteiger partial charge on any atom is -0.329 e. The molecular weight excluding hydrogens is 274 g/mol. The highest BCUT2D eigenvalue weighted by atomic mass is 32.2. The second-order valence-electron chi connectivity index (χ2n) is 5.39. The topological polar surface area (TPSA) is 85.1 Å². The Balaban J connectivity index is 1.89. The summed E-state index contributed by atoms with van der Waals surface area (Å²) in [6.07, 6.45) is 6.61. The van der Waals surface area contributed by atoms with E-state index in [0.29, 0.717) is 18.9 Å². The van der Waals surface area contributed by atoms with Gasteiger partial charge >= 0.3 is 0 Å². The Hall–Kier alpha value is -0.980. The van der Waals surface area contributed by atoms with Crippen LogP contribution in [0.1, 0.15) is 31.4 Å². The van der Waals surface area contributed by atoms with Crippen molar-refractivity contribution < 1.29 is 8.42 Å². The number of nitrogens with one attached hydrogen (secondary N) is 1. The molecule has 1 aliphatic rings. The second-order valence-corrected chi connectivity index (χ2v) is 7.27. The molecule has 1 saturated carbocycles. The lowest BCUT2D eigenvalue weighted by molar-refractivity contribution is 0.405. The van der Waals surface area contributed by atoms with Crippen LogP contribution >= 0.6 is 0 Å². The summed E-state index contributed by atoms with van der Waals surface area (Å²) in [5, 5.41) is 0. The third kappa shape index (κ3) is 4.54. The van der Waals surface area contributed by atoms with Crippen molar-refractivity contribution in [1.82, 2.24) is 9.71 Å². The van der Waals surface area contributed by atoms with Gasteiger partial charge in [-0.05, 0) is 30.9 Å². The number of nitrogens with zero attached hydrogens (tertiary/aromatic N) is 1. The van der Waals surface area contributed by atoms with Crippen molar-refractivity contribution in [3.63, 3.8) is 0 Å². The molecule has 3 N–H and O–H groups in total. The van der Waals surface area contributed by atoms with Crippen LogP contribution in [0.15, 0.2) is 24.4 Å². The molecule has 0 bridgehead atoms. The van der Waals surface area contributed by atoms with Gasteiger partial charge in [0.05, 0.1) is 5.75 Å². The first kappa shape index (κ1) is 15.4. The van der Waals surface area contributed by atoms with E-state index in [0.717, 1.165) is 18.5 Å². The van der Waals surface area contributed by atoms with Crippen LogP contribution in [-0.2, 0) is 16.4 Å². The molecule has 0 saturated heterocycles. The number of hydrogen-bond donors (Lipinski definition) is 2. The van der Waals surface area contributed by atoms with Gasteiger partial charge in [-0.2, -0.15) is 0 Å². The third-order valence-electron chi connectivity index (χ3n) is 3.91. The van der Waals surface area contributed by atoms with Crippen molar-refractivity contribution in [2.45, 2.75) is 38.1 Å². The summed E-state index contributed by atoms with van der Waals surface area (Å²) in [6, 6.07) is 5.41. The van der Waals surface area contributed by atoms with Crippen LogP contribution in [0.4, 0.5) is 0 Å². The van der Waals surface area contributed by atoms with E-state index in [4.69, 9.17) is 5.73 Å². The van der Waals surface area contributed by atoms with E-state index in [-0.39, 0.29) is 11.8 Å². The highest BCUT2D eigenvalue weighted by Gasteiger charge is 2.27. The summed E-state index contributed by atoms with van der Waals surface area (Å²) in [6.45, 7) is 0.369. The van der Waals surface area contributed by atoms with E-state index in [2.05, 4.69) is 9.71 Å². The van der Waals surface area contributed by atoms with E-state index < -0.39 is 10.0 Å². The third-order valence-corrected chi connectivity index (χ3v) is 5.31. The first-order chi connectivity index (χ1) is 9.61. The summed E-state index contributed by atoms with van der Waals surface area (Å²) in [5.41, 5.74) is 6.52. The number of hydrogen-bond acceptors (Lipinski definition) is 4. The molecule has 0 radical (unpaired) electrons. The molecule has 0 amide bonds. The monoisotopic (exact) mass is 297 g/mol. The van der Waals surface area contributed by atoms with Crippen LogP contribution < -0.4 is 10.5 Å². The lowest BCUT2D eigenvalue weighted by atomic mass is 9.99. The van der Waals surface area contributed by atoms with Crippen molar-refractivity contribution in [1.29, 1.82) is 0 Å². The minimum atomic E-state index is -3.30. The molecule has 1 aliphatic carbocycles. The van der Waals surface area contributed by atoms with Gasteiger partial charge in [0.1, 0.15) is 0 Å². The molecule has 1 aromatic rings. The Morgan fingerprint density at radius 2 is 2.10 bits per heavy atom. The molecular formula is C14H23N3O2S. The number of rotatable bonds is 7. The smallest absolute Gasteiger partial charge is 0.212 e. The van der Waals surface area contributed by atoms with Crippen LogP contribution in [0.3, 0.4) is 0 Å². The van der Waals surface area contributed by atoms with Crippen molar-refractivity contribution in [2.75, 3.05) is 12.3 Å². The highest BCUT2D eigenvalue weighted by molar-refractivity contribution is 7.89. The van der Waals surface area contributed by atoms with Crippen LogP contribution in [0, 0.1) is 5.92 Å². The molecule has 20 heavy (non-hydrogen) atoms. The first-order valence-electron chi connectivity index (χ1n) is 7.21. The van der Waals surface area contributed by atoms with Gasteiger partial charge in [-0.1, -0.05) is 18.9 Å². The van der Waals surface area contributed by atoms with Gasteiger partial charge in [0.25, 0.3) is 0 Å². The Morgan fingerprint density at radius 3 is 2.70 bits per heavy atom. The maximum Gasteiger partial charge on any atom is 0.212 e. The van der Waals surface area contributed by atoms with Crippen molar-refractivity contribution in [3.8, 4) is 0 Å². The number of aromatic nitrogens is 1. The summed E-state index contributed by atoms with van der Waals surface area (Å²) >= 11 is 0. The molecule has 112 valence electrons. The molecule has 2 rings (SSSR count). The molecule has 1 heterocycles. The lowest BCUT2D eigenvalue weighted by Gasteiger charge is -2.22. The standard InChI is InChI=1S/C14H23N3O2S/c15-11-14(12-5-1-2-6-12)17-20(18,19)10-8-13-7-3-4-9-16-13/h3-4,7,9,12,14,17H,1-2,5-6,8,10-11,15H2. The molecule has 6 heteroatoms. The Labute approximate surface area is 121 Å². The van der Waals surface area contributed by atoms with E-state index in [1.54, 1.807) is 6.20 Å². The fourth-order valence-electron chi connectivity index (χ4n) is 2.77. The summed E-state index contributed by atoms with van der Waals surface area (Å²) in [7, 11) is -3.30. The predicted molar refractivity (Wildman–Crippen MR) is 79.7 cm³/mol. The van der Waals surface area contributed by atoms with Gasteiger partial charge in [-0.3, -0.25) is 4.98 Å². The summed E-state index contributed by atoms with van der Waals surface area (Å²) in [4.78, 5) is 4.14. The largest absolute Gasteiger partial charge is 0.329 e. The van der Waals surface area contributed by atoms with Gasteiger partial charge in [-0.15, -0.1) is 0 Å². The average Bonchev–Trinajstić information content (AvgIpc) is 2.98. The molecule has 5 nitrogen and oxygen atoms in total. The van der Waals surface area contributed by atoms with Gasteiger partial charge < -0.3 is 5.73 Å². The minimum absolute atomic E-state index is 0.0627. The number of aryl methyl sites for hydroxylation is 1. The fraction of sp³-hybridized carbons (Fsp3) is 0.643. The van der Waals surface area contributed by atoms with Gasteiger partial charge in [0.2, 0.25) is 10.0 Å². The second kappa shape index (κ2) is 7.15. The van der Waals surface area contributed by atoms with E-state index in [1.165, 1.54) is 12.8 Å². The number of sulfonamides is 1. The summed E-state index contributed by atoms with van der Waals surface area (Å²) < 4.78 is 27.0. The molecule has 1 atom stereocenters. The van der Waals surface area contributed by atoms with E-state index in [9.17, 15) is 8.42 Å². The van der Waals surface area contributed by atoms with Crippen molar-refractivity contribution in [2.24, 2.45) is 11.7 Å². The van der Waals surface area contributed by atoms with Crippen molar-refractivity contribution in [3.05, 3.63) is 30.1 Å². The quantitative estimate of drug-likeness (QED) is 0.788. The number of pyridine rings is 1. The van der Waals surface area contributed by atoms with Gasteiger partial charge in [-0.25, -0.2) is 13.1 Å². The molecule has 1 fully saturated rings. The van der Waals surface area contributed by atoms with E-state index >= 15 is 0 Å². The van der Waals surface area contributed by atoms with E-state index in [1.807, 2.05) is 18.2 Å². The number of nitrogens with two attached hydrogens (primary N) is 1. The van der Waals surface area contributed by atoms with Gasteiger partial charge in [0.15, 0.2) is 0 Å². The molecule has 0 aromatic carbocycles. The normalized spacial score (nSPS) is 18.2. The average molecular weight is 297 g/mol. The maximum absolute atomic E-state index is 12.1. The SMILES string of the molecule is NCC(NS(=O)(=O)CCc1ccccn1)C1CCCC1. The molecule has 1 unspecified atom stereocenters. The fourth-order valence-corrected chi connectivity index (χ4v) is 4.12. The van der Waals surface area contributed by atoms with Gasteiger partial charge in [0, 0.05) is 30.9 Å².